The summed E-state index contributed by atoms with van der Waals surface area (Å²) < 4.78 is 0. The van der Waals surface area contributed by atoms with Crippen molar-refractivity contribution in [2.24, 2.45) is 0 Å². The van der Waals surface area contributed by atoms with Crippen molar-refractivity contribution < 1.29 is 14.4 Å². The van der Waals surface area contributed by atoms with Gasteiger partial charge in [-0.25, -0.2) is 4.79 Å². The molecule has 1 saturated carbocycles. The minimum atomic E-state index is -0.687. The number of amides is 4. The molecule has 0 aromatic rings. The standard InChI is InChI=1S/C15H25N3O3/c1-3-17(4-2)12(19)8-11-18-13(20)15(16-14(18)21)9-6-5-7-10-15/h3-11H2,1-2H3,(H,16,21). The minimum absolute atomic E-state index is 0.00908. The zero-order valence-electron chi connectivity index (χ0n) is 13.0. The molecule has 1 heterocycles. The number of imide groups is 1. The number of carbonyl (C=O) groups is 3. The summed E-state index contributed by atoms with van der Waals surface area (Å²) in [4.78, 5) is 39.5. The molecule has 1 aliphatic carbocycles. The van der Waals surface area contributed by atoms with Crippen LogP contribution in [0.25, 0.3) is 0 Å². The summed E-state index contributed by atoms with van der Waals surface area (Å²) in [7, 11) is 0. The third-order valence-corrected chi connectivity index (χ3v) is 4.62. The fourth-order valence-electron chi connectivity index (χ4n) is 3.32. The molecule has 0 unspecified atom stereocenters. The highest BCUT2D eigenvalue weighted by Gasteiger charge is 2.51. The first-order valence-electron chi connectivity index (χ1n) is 7.96. The molecule has 1 aliphatic heterocycles. The Morgan fingerprint density at radius 2 is 1.81 bits per heavy atom. The Morgan fingerprint density at radius 1 is 1.19 bits per heavy atom. The van der Waals surface area contributed by atoms with Crippen LogP contribution in [0.3, 0.4) is 0 Å². The number of nitrogens with zero attached hydrogens (tertiary/aromatic N) is 2. The first-order valence-corrected chi connectivity index (χ1v) is 7.96. The van der Waals surface area contributed by atoms with E-state index in [9.17, 15) is 14.4 Å². The fraction of sp³-hybridized carbons (Fsp3) is 0.800. The van der Waals surface area contributed by atoms with E-state index < -0.39 is 5.54 Å². The predicted molar refractivity (Wildman–Crippen MR) is 78.6 cm³/mol. The Hall–Kier alpha value is -1.59. The van der Waals surface area contributed by atoms with Crippen LogP contribution >= 0.6 is 0 Å². The van der Waals surface area contributed by atoms with Crippen LogP contribution in [-0.4, -0.2) is 52.8 Å². The van der Waals surface area contributed by atoms with Gasteiger partial charge < -0.3 is 10.2 Å². The Morgan fingerprint density at radius 3 is 2.38 bits per heavy atom. The van der Waals surface area contributed by atoms with Crippen molar-refractivity contribution in [3.63, 3.8) is 0 Å². The minimum Gasteiger partial charge on any atom is -0.343 e. The van der Waals surface area contributed by atoms with Gasteiger partial charge in [0.15, 0.2) is 0 Å². The maximum atomic E-state index is 12.5. The van der Waals surface area contributed by atoms with Crippen LogP contribution < -0.4 is 5.32 Å². The maximum absolute atomic E-state index is 12.5. The highest BCUT2D eigenvalue weighted by Crippen LogP contribution is 2.33. The quantitative estimate of drug-likeness (QED) is 0.781. The normalized spacial score (nSPS) is 20.8. The van der Waals surface area contributed by atoms with Gasteiger partial charge in [-0.15, -0.1) is 0 Å². The van der Waals surface area contributed by atoms with E-state index in [0.717, 1.165) is 32.1 Å². The molecule has 0 aromatic carbocycles. The molecule has 0 radical (unpaired) electrons. The summed E-state index contributed by atoms with van der Waals surface area (Å²) in [6, 6.07) is -0.339. The number of hydrogen-bond acceptors (Lipinski definition) is 3. The summed E-state index contributed by atoms with van der Waals surface area (Å²) in [6.07, 6.45) is 4.70. The molecular weight excluding hydrogens is 270 g/mol. The molecule has 1 saturated heterocycles. The zero-order valence-corrected chi connectivity index (χ0v) is 13.0. The van der Waals surface area contributed by atoms with E-state index in [2.05, 4.69) is 5.32 Å². The van der Waals surface area contributed by atoms with Gasteiger partial charge in [-0.05, 0) is 26.7 Å². The van der Waals surface area contributed by atoms with Gasteiger partial charge in [0.1, 0.15) is 5.54 Å². The first kappa shape index (κ1) is 15.8. The second-order valence-electron chi connectivity index (χ2n) is 5.85. The van der Waals surface area contributed by atoms with Gasteiger partial charge in [0, 0.05) is 26.1 Å². The largest absolute Gasteiger partial charge is 0.343 e. The van der Waals surface area contributed by atoms with Gasteiger partial charge >= 0.3 is 6.03 Å². The summed E-state index contributed by atoms with van der Waals surface area (Å²) in [5.74, 6) is -0.148. The molecule has 0 atom stereocenters. The fourth-order valence-corrected chi connectivity index (χ4v) is 3.32. The SMILES string of the molecule is CCN(CC)C(=O)CCN1C(=O)NC2(CCCCC2)C1=O. The average molecular weight is 295 g/mol. The van der Waals surface area contributed by atoms with Crippen molar-refractivity contribution in [2.75, 3.05) is 19.6 Å². The molecule has 1 N–H and O–H groups in total. The van der Waals surface area contributed by atoms with Gasteiger partial charge in [0.2, 0.25) is 5.91 Å². The topological polar surface area (TPSA) is 69.7 Å². The van der Waals surface area contributed by atoms with E-state index in [0.29, 0.717) is 13.1 Å². The highest BCUT2D eigenvalue weighted by molar-refractivity contribution is 6.07. The maximum Gasteiger partial charge on any atom is 0.325 e. The average Bonchev–Trinajstić information content (AvgIpc) is 2.70. The lowest BCUT2D eigenvalue weighted by Gasteiger charge is -2.30. The predicted octanol–water partition coefficient (Wildman–Crippen LogP) is 1.50. The molecule has 0 aromatic heterocycles. The van der Waals surface area contributed by atoms with Crippen molar-refractivity contribution in [1.82, 2.24) is 15.1 Å². The summed E-state index contributed by atoms with van der Waals surface area (Å²) in [5.41, 5.74) is -0.687. The van der Waals surface area contributed by atoms with Gasteiger partial charge in [-0.3, -0.25) is 14.5 Å². The summed E-state index contributed by atoms with van der Waals surface area (Å²) in [6.45, 7) is 5.33. The van der Waals surface area contributed by atoms with E-state index in [1.165, 1.54) is 4.90 Å². The Balaban J connectivity index is 1.96. The molecule has 6 heteroatoms. The van der Waals surface area contributed by atoms with Gasteiger partial charge in [0.05, 0.1) is 0 Å². The molecule has 2 aliphatic rings. The third kappa shape index (κ3) is 3.04. The number of nitrogens with one attached hydrogen (secondary N) is 1. The second kappa shape index (κ2) is 6.45. The first-order chi connectivity index (χ1) is 10.0. The smallest absolute Gasteiger partial charge is 0.325 e. The van der Waals surface area contributed by atoms with Crippen molar-refractivity contribution in [2.45, 2.75) is 57.9 Å². The van der Waals surface area contributed by atoms with E-state index in [1.807, 2.05) is 13.8 Å². The van der Waals surface area contributed by atoms with Gasteiger partial charge in [0.25, 0.3) is 5.91 Å². The van der Waals surface area contributed by atoms with Crippen LogP contribution in [0.2, 0.25) is 0 Å². The molecule has 118 valence electrons. The Labute approximate surface area is 125 Å². The van der Waals surface area contributed by atoms with Crippen molar-refractivity contribution in [1.29, 1.82) is 0 Å². The molecule has 2 fully saturated rings. The summed E-state index contributed by atoms with van der Waals surface area (Å²) >= 11 is 0. The van der Waals surface area contributed by atoms with E-state index in [4.69, 9.17) is 0 Å². The lowest BCUT2D eigenvalue weighted by molar-refractivity contribution is -0.134. The van der Waals surface area contributed by atoms with Crippen LogP contribution in [0.1, 0.15) is 52.4 Å². The van der Waals surface area contributed by atoms with Crippen LogP contribution in [0.15, 0.2) is 0 Å². The zero-order chi connectivity index (χ0) is 15.5. The number of hydrogen-bond donors (Lipinski definition) is 1. The molecule has 1 spiro atoms. The summed E-state index contributed by atoms with van der Waals surface area (Å²) in [5, 5.41) is 2.86. The third-order valence-electron chi connectivity index (χ3n) is 4.62. The molecular formula is C15H25N3O3. The van der Waals surface area contributed by atoms with E-state index in [-0.39, 0.29) is 30.8 Å². The molecule has 2 rings (SSSR count). The number of rotatable bonds is 5. The number of carbonyl (C=O) groups excluding carboxylic acids is 3. The van der Waals surface area contributed by atoms with Gasteiger partial charge in [-0.1, -0.05) is 19.3 Å². The van der Waals surface area contributed by atoms with Crippen molar-refractivity contribution >= 4 is 17.8 Å². The second-order valence-corrected chi connectivity index (χ2v) is 5.85. The highest BCUT2D eigenvalue weighted by atomic mass is 16.2. The van der Waals surface area contributed by atoms with Crippen LogP contribution in [0, 0.1) is 0 Å². The van der Waals surface area contributed by atoms with Crippen LogP contribution in [-0.2, 0) is 9.59 Å². The van der Waals surface area contributed by atoms with Gasteiger partial charge in [-0.2, -0.15) is 0 Å². The molecule has 0 bridgehead atoms. The van der Waals surface area contributed by atoms with Crippen LogP contribution in [0.5, 0.6) is 0 Å². The van der Waals surface area contributed by atoms with Crippen LogP contribution in [0.4, 0.5) is 4.79 Å². The Kier molecular flexibility index (Phi) is 4.85. The molecule has 4 amide bonds. The van der Waals surface area contributed by atoms with E-state index in [1.54, 1.807) is 4.90 Å². The molecule has 21 heavy (non-hydrogen) atoms. The molecule has 6 nitrogen and oxygen atoms in total. The van der Waals surface area contributed by atoms with Crippen molar-refractivity contribution in [3.8, 4) is 0 Å². The number of urea groups is 1. The van der Waals surface area contributed by atoms with E-state index >= 15 is 0 Å². The monoisotopic (exact) mass is 295 g/mol. The lowest BCUT2D eigenvalue weighted by Crippen LogP contribution is -2.48. The lowest BCUT2D eigenvalue weighted by atomic mass is 9.82. The Bertz CT molecular complexity index is 426. The van der Waals surface area contributed by atoms with Crippen molar-refractivity contribution in [3.05, 3.63) is 0 Å².